The van der Waals surface area contributed by atoms with Crippen molar-refractivity contribution < 1.29 is 4.57 Å². The topological polar surface area (TPSA) is 8.81 Å². The molecular weight excluding hydrogens is 387 g/mol. The molecule has 2 aliphatic heterocycles. The molecule has 168 valence electrons. The van der Waals surface area contributed by atoms with Gasteiger partial charge in [-0.3, -0.25) is 0 Å². The molecule has 3 heteroatoms. The Morgan fingerprint density at radius 3 is 1.69 bits per heavy atom. The molecule has 2 aromatic carbocycles. The van der Waals surface area contributed by atoms with Crippen LogP contribution in [0.2, 0.25) is 11.6 Å². The Labute approximate surface area is 194 Å². The summed E-state index contributed by atoms with van der Waals surface area (Å²) in [7, 11) is 0. The molecule has 0 radical (unpaired) electrons. The van der Waals surface area contributed by atoms with Gasteiger partial charge in [-0.05, 0) is 63.8 Å². The van der Waals surface area contributed by atoms with Crippen molar-refractivity contribution in [3.63, 3.8) is 0 Å². The van der Waals surface area contributed by atoms with Gasteiger partial charge in [0.15, 0.2) is 0 Å². The summed E-state index contributed by atoms with van der Waals surface area (Å²) in [6.45, 7) is 13.2. The van der Waals surface area contributed by atoms with Crippen molar-refractivity contribution in [3.05, 3.63) is 70.0 Å². The van der Waals surface area contributed by atoms with E-state index in [0.717, 1.165) is 11.6 Å². The van der Waals surface area contributed by atoms with Crippen LogP contribution in [0.25, 0.3) is 11.4 Å². The third-order valence-corrected chi connectivity index (χ3v) is 8.73. The fraction of sp³-hybridized carbons (Fsp3) is 0.483. The van der Waals surface area contributed by atoms with Gasteiger partial charge in [-0.2, -0.15) is 11.6 Å². The van der Waals surface area contributed by atoms with Crippen LogP contribution in [0.3, 0.4) is 0 Å². The van der Waals surface area contributed by atoms with Crippen LogP contribution in [0.15, 0.2) is 36.7 Å². The molecule has 0 aliphatic carbocycles. The largest absolute Gasteiger partial charge is 0.236 e. The number of nitrogens with zero attached hydrogens (tertiary/aromatic N) is 2. The van der Waals surface area contributed by atoms with Gasteiger partial charge >= 0.3 is 0 Å². The molecule has 0 unspecified atom stereocenters. The lowest BCUT2D eigenvalue weighted by Crippen LogP contribution is -2.61. The Morgan fingerprint density at radius 2 is 1.19 bits per heavy atom. The fourth-order valence-electron chi connectivity index (χ4n) is 7.87. The molecular formula is C29H39BN2. The molecule has 3 heterocycles. The Kier molecular flexibility index (Phi) is 5.56. The molecule has 1 aromatic heterocycles. The molecule has 2 saturated heterocycles. The summed E-state index contributed by atoms with van der Waals surface area (Å²) in [6, 6.07) is 9.43. The minimum Gasteiger partial charge on any atom is -0.236 e. The number of imidazole rings is 1. The van der Waals surface area contributed by atoms with Crippen LogP contribution in [0.1, 0.15) is 71.9 Å². The molecule has 2 aliphatic rings. The maximum atomic E-state index is 2.61. The van der Waals surface area contributed by atoms with E-state index in [1.54, 1.807) is 5.72 Å². The first-order valence-electron chi connectivity index (χ1n) is 12.9. The van der Waals surface area contributed by atoms with E-state index in [-0.39, 0.29) is 0 Å². The highest BCUT2D eigenvalue weighted by Gasteiger charge is 2.39. The van der Waals surface area contributed by atoms with Crippen molar-refractivity contribution in [1.82, 2.24) is 4.57 Å². The third kappa shape index (κ3) is 3.54. The Balaban J connectivity index is 1.79. The van der Waals surface area contributed by atoms with Gasteiger partial charge < -0.3 is 0 Å². The quantitative estimate of drug-likeness (QED) is 0.351. The standard InChI is InChI=1S/C29H39BN2/c1-19-15-21(3)27(22(4)16-19)31-13-14-32(28-23(5)17-20(2)18-24(28)6)29(31)30-25-9-7-10-26(30)12-8-11-25/h13-18,25-26,30H,7-12H2,1-6H3. The lowest BCUT2D eigenvalue weighted by molar-refractivity contribution is -0.577. The lowest BCUT2D eigenvalue weighted by Gasteiger charge is -2.46. The van der Waals surface area contributed by atoms with Gasteiger partial charge in [-0.15, -0.1) is 0 Å². The van der Waals surface area contributed by atoms with E-state index in [1.165, 1.54) is 83.3 Å². The molecule has 2 fully saturated rings. The SMILES string of the molecule is Cc1cc(C)c(-n2cc[n+](-c3c(C)cc(C)cc3C)c2[BH-]2C3CCCC2CCC3)c(C)c1. The molecule has 0 spiro atoms. The first-order valence-corrected chi connectivity index (χ1v) is 12.9. The second kappa shape index (κ2) is 8.25. The molecule has 0 atom stereocenters. The van der Waals surface area contributed by atoms with Gasteiger partial charge in [0.05, 0.1) is 5.72 Å². The minimum absolute atomic E-state index is 0.436. The van der Waals surface area contributed by atoms with E-state index in [0.29, 0.717) is 0 Å². The van der Waals surface area contributed by atoms with Crippen molar-refractivity contribution >= 4 is 12.4 Å². The summed E-state index contributed by atoms with van der Waals surface area (Å²) in [6.07, 6.45) is 13.3. The normalized spacial score (nSPS) is 22.9. The van der Waals surface area contributed by atoms with Gasteiger partial charge in [-0.1, -0.05) is 73.9 Å². The molecule has 5 rings (SSSR count). The predicted octanol–water partition coefficient (Wildman–Crippen LogP) is 6.15. The van der Waals surface area contributed by atoms with E-state index in [1.807, 2.05) is 0 Å². The van der Waals surface area contributed by atoms with E-state index in [9.17, 15) is 0 Å². The first-order chi connectivity index (χ1) is 15.3. The maximum absolute atomic E-state index is 2.61. The van der Waals surface area contributed by atoms with Crippen LogP contribution in [-0.4, -0.2) is 11.3 Å². The van der Waals surface area contributed by atoms with Crippen LogP contribution in [0, 0.1) is 41.5 Å². The molecule has 3 aromatic rings. The van der Waals surface area contributed by atoms with Gasteiger partial charge in [-0.25, -0.2) is 9.13 Å². The summed E-state index contributed by atoms with van der Waals surface area (Å²) in [5, 5.41) is 0. The van der Waals surface area contributed by atoms with Crippen molar-refractivity contribution in [2.75, 3.05) is 0 Å². The number of rotatable bonds is 3. The van der Waals surface area contributed by atoms with Crippen molar-refractivity contribution in [3.8, 4) is 11.4 Å². The van der Waals surface area contributed by atoms with Gasteiger partial charge in [0.1, 0.15) is 30.5 Å². The second-order valence-corrected chi connectivity index (χ2v) is 11.2. The Bertz CT molecular complexity index is 1030. The van der Waals surface area contributed by atoms with Crippen LogP contribution >= 0.6 is 0 Å². The number of fused-ring (bicyclic) bond motifs is 2. The number of aryl methyl sites for hydroxylation is 6. The van der Waals surface area contributed by atoms with Gasteiger partial charge in [0.2, 0.25) is 0 Å². The molecule has 32 heavy (non-hydrogen) atoms. The average Bonchev–Trinajstić information content (AvgIpc) is 3.09. The number of aromatic nitrogens is 2. The zero-order valence-electron chi connectivity index (χ0n) is 21.0. The van der Waals surface area contributed by atoms with E-state index >= 15 is 0 Å². The predicted molar refractivity (Wildman–Crippen MR) is 138 cm³/mol. The number of hydrogen-bond donors (Lipinski definition) is 0. The zero-order valence-corrected chi connectivity index (χ0v) is 21.0. The van der Waals surface area contributed by atoms with Crippen molar-refractivity contribution in [2.24, 2.45) is 0 Å². The first kappa shape index (κ1) is 21.6. The van der Waals surface area contributed by atoms with E-state index in [2.05, 4.69) is 87.3 Å². The van der Waals surface area contributed by atoms with Crippen LogP contribution in [0.4, 0.5) is 0 Å². The van der Waals surface area contributed by atoms with Crippen LogP contribution in [0.5, 0.6) is 0 Å². The van der Waals surface area contributed by atoms with Crippen LogP contribution in [-0.2, 0) is 0 Å². The summed E-state index contributed by atoms with van der Waals surface area (Å²) >= 11 is 0. The zero-order chi connectivity index (χ0) is 22.6. The highest BCUT2D eigenvalue weighted by atomic mass is 15.2. The molecule has 0 amide bonds. The third-order valence-electron chi connectivity index (χ3n) is 8.73. The second-order valence-electron chi connectivity index (χ2n) is 11.2. The monoisotopic (exact) mass is 426 g/mol. The molecule has 0 N–H and O–H groups in total. The lowest BCUT2D eigenvalue weighted by atomic mass is 9.26. The summed E-state index contributed by atoms with van der Waals surface area (Å²) in [5.41, 5.74) is 12.7. The Morgan fingerprint density at radius 1 is 0.719 bits per heavy atom. The number of hydrogen-bond acceptors (Lipinski definition) is 0. The van der Waals surface area contributed by atoms with E-state index in [4.69, 9.17) is 0 Å². The van der Waals surface area contributed by atoms with Crippen molar-refractivity contribution in [2.45, 2.75) is 91.7 Å². The molecule has 0 saturated carbocycles. The van der Waals surface area contributed by atoms with Gasteiger partial charge in [0.25, 0.3) is 0 Å². The number of benzene rings is 2. The molecule has 2 nitrogen and oxygen atoms in total. The Hall–Kier alpha value is -2.29. The highest BCUT2D eigenvalue weighted by molar-refractivity contribution is 6.74. The highest BCUT2D eigenvalue weighted by Crippen LogP contribution is 2.46. The maximum Gasteiger partial charge on any atom is 0.134 e. The van der Waals surface area contributed by atoms with Crippen LogP contribution < -0.4 is 10.3 Å². The van der Waals surface area contributed by atoms with Crippen molar-refractivity contribution in [1.29, 1.82) is 0 Å². The average molecular weight is 426 g/mol. The fourth-order valence-corrected chi connectivity index (χ4v) is 7.87. The summed E-state index contributed by atoms with van der Waals surface area (Å²) in [5.74, 6) is 1.80. The minimum atomic E-state index is -0.436. The summed E-state index contributed by atoms with van der Waals surface area (Å²) < 4.78 is 5.22. The molecule has 2 bridgehead atoms. The smallest absolute Gasteiger partial charge is 0.134 e. The summed E-state index contributed by atoms with van der Waals surface area (Å²) in [4.78, 5) is 0. The van der Waals surface area contributed by atoms with E-state index < -0.39 is 6.71 Å². The van der Waals surface area contributed by atoms with Gasteiger partial charge in [0, 0.05) is 0 Å².